The van der Waals surface area contributed by atoms with Crippen molar-refractivity contribution in [2.24, 2.45) is 10.7 Å². The molecule has 1 aromatic rings. The normalized spacial score (nSPS) is 23.1. The zero-order chi connectivity index (χ0) is 14.4. The van der Waals surface area contributed by atoms with E-state index in [1.807, 2.05) is 24.4 Å². The summed E-state index contributed by atoms with van der Waals surface area (Å²) in [4.78, 5) is 4.49. The van der Waals surface area contributed by atoms with E-state index in [0.29, 0.717) is 6.54 Å². The monoisotopic (exact) mass is 272 g/mol. The average Bonchev–Trinajstić information content (AvgIpc) is 2.43. The highest BCUT2D eigenvalue weighted by atomic mass is 15.1. The van der Waals surface area contributed by atoms with E-state index >= 15 is 0 Å². The first-order valence-electron chi connectivity index (χ1n) is 7.05. The fourth-order valence-corrected chi connectivity index (χ4v) is 2.39. The van der Waals surface area contributed by atoms with Gasteiger partial charge in [-0.2, -0.15) is 0 Å². The van der Waals surface area contributed by atoms with Crippen LogP contribution in [0.4, 0.5) is 0 Å². The summed E-state index contributed by atoms with van der Waals surface area (Å²) in [5.41, 5.74) is 8.06. The van der Waals surface area contributed by atoms with Gasteiger partial charge in [0.2, 0.25) is 0 Å². The van der Waals surface area contributed by atoms with Gasteiger partial charge in [-0.3, -0.25) is 4.99 Å². The molecule has 4 heteroatoms. The molecule has 4 N–H and O–H groups in total. The highest BCUT2D eigenvalue weighted by Gasteiger charge is 2.27. The maximum atomic E-state index is 5.75. The Hall–Kier alpha value is -1.65. The molecule has 0 amide bonds. The first-order chi connectivity index (χ1) is 9.61. The molecule has 0 aromatic heterocycles. The predicted molar refractivity (Wildman–Crippen MR) is 84.8 cm³/mol. The molecule has 2 rings (SSSR count). The van der Waals surface area contributed by atoms with Crippen molar-refractivity contribution in [3.05, 3.63) is 47.7 Å². The van der Waals surface area contributed by atoms with Crippen LogP contribution in [0.5, 0.6) is 0 Å². The van der Waals surface area contributed by atoms with E-state index in [2.05, 4.69) is 41.6 Å². The summed E-state index contributed by atoms with van der Waals surface area (Å²) in [6.45, 7) is 6.89. The summed E-state index contributed by atoms with van der Waals surface area (Å²) in [7, 11) is 0. The van der Waals surface area contributed by atoms with Crippen LogP contribution < -0.4 is 16.4 Å². The lowest BCUT2D eigenvalue weighted by Gasteiger charge is -2.38. The van der Waals surface area contributed by atoms with Crippen LogP contribution in [0.2, 0.25) is 0 Å². The molecule has 20 heavy (non-hydrogen) atoms. The van der Waals surface area contributed by atoms with E-state index in [1.54, 1.807) is 6.20 Å². The molecule has 1 fully saturated rings. The minimum Gasteiger partial charge on any atom is -0.404 e. The molecule has 1 aliphatic rings. The zero-order valence-corrected chi connectivity index (χ0v) is 12.3. The standard InChI is InChI=1S/C16H24N4/c1-16(2)12-19-11-15(20-16)14(8-17)10-18-9-13-6-4-3-5-7-13/h3-8,10,15,19-20H,9,11-12,17H2,1-2H3. The van der Waals surface area contributed by atoms with Gasteiger partial charge in [0.15, 0.2) is 0 Å². The van der Waals surface area contributed by atoms with Crippen LogP contribution in [0.25, 0.3) is 0 Å². The molecule has 1 aliphatic heterocycles. The van der Waals surface area contributed by atoms with Gasteiger partial charge in [0.05, 0.1) is 6.54 Å². The molecular formula is C16H24N4. The number of nitrogens with one attached hydrogen (secondary N) is 2. The smallest absolute Gasteiger partial charge is 0.0639 e. The second-order valence-electron chi connectivity index (χ2n) is 5.83. The van der Waals surface area contributed by atoms with Gasteiger partial charge in [0.1, 0.15) is 0 Å². The first kappa shape index (κ1) is 14.8. The second kappa shape index (κ2) is 6.68. The maximum Gasteiger partial charge on any atom is 0.0639 e. The third-order valence-electron chi connectivity index (χ3n) is 3.43. The van der Waals surface area contributed by atoms with E-state index < -0.39 is 0 Å². The van der Waals surface area contributed by atoms with Crippen molar-refractivity contribution in [2.75, 3.05) is 13.1 Å². The molecule has 1 unspecified atom stereocenters. The maximum absolute atomic E-state index is 5.75. The van der Waals surface area contributed by atoms with Gasteiger partial charge in [-0.05, 0) is 19.4 Å². The van der Waals surface area contributed by atoms with Crippen molar-refractivity contribution in [1.82, 2.24) is 10.6 Å². The van der Waals surface area contributed by atoms with Crippen LogP contribution in [0.3, 0.4) is 0 Å². The summed E-state index contributed by atoms with van der Waals surface area (Å²) in [6, 6.07) is 10.4. The molecule has 0 radical (unpaired) electrons. The Morgan fingerprint density at radius 1 is 1.40 bits per heavy atom. The third kappa shape index (κ3) is 4.18. The predicted octanol–water partition coefficient (Wildman–Crippen LogP) is 1.44. The summed E-state index contributed by atoms with van der Waals surface area (Å²) in [6.07, 6.45) is 3.53. The van der Waals surface area contributed by atoms with Gasteiger partial charge in [0, 0.05) is 42.7 Å². The summed E-state index contributed by atoms with van der Waals surface area (Å²) >= 11 is 0. The van der Waals surface area contributed by atoms with Gasteiger partial charge >= 0.3 is 0 Å². The Morgan fingerprint density at radius 3 is 2.80 bits per heavy atom. The Kier molecular flexibility index (Phi) is 4.93. The summed E-state index contributed by atoms with van der Waals surface area (Å²) in [5, 5.41) is 7.02. The number of benzene rings is 1. The quantitative estimate of drug-likeness (QED) is 0.727. The number of rotatable bonds is 4. The minimum atomic E-state index is 0.0739. The Bertz CT molecular complexity index is 477. The lowest BCUT2D eigenvalue weighted by Crippen LogP contribution is -2.61. The van der Waals surface area contributed by atoms with Gasteiger partial charge in [-0.15, -0.1) is 0 Å². The van der Waals surface area contributed by atoms with Crippen LogP contribution in [0, 0.1) is 0 Å². The number of hydrogen-bond donors (Lipinski definition) is 3. The molecule has 0 saturated carbocycles. The number of aliphatic imine (C=N–C) groups is 1. The van der Waals surface area contributed by atoms with Crippen LogP contribution in [-0.4, -0.2) is 30.9 Å². The van der Waals surface area contributed by atoms with Crippen molar-refractivity contribution in [2.45, 2.75) is 32.0 Å². The topological polar surface area (TPSA) is 62.4 Å². The van der Waals surface area contributed by atoms with Crippen LogP contribution >= 0.6 is 0 Å². The Balaban J connectivity index is 1.95. The molecule has 1 atom stereocenters. The minimum absolute atomic E-state index is 0.0739. The van der Waals surface area contributed by atoms with Gasteiger partial charge in [-0.25, -0.2) is 0 Å². The number of piperazine rings is 1. The number of nitrogens with zero attached hydrogens (tertiary/aromatic N) is 1. The summed E-state index contributed by atoms with van der Waals surface area (Å²) in [5.74, 6) is 0. The highest BCUT2D eigenvalue weighted by Crippen LogP contribution is 2.11. The molecule has 0 bridgehead atoms. The molecule has 4 nitrogen and oxygen atoms in total. The van der Waals surface area contributed by atoms with E-state index in [0.717, 1.165) is 18.7 Å². The van der Waals surface area contributed by atoms with Crippen LogP contribution in [0.1, 0.15) is 19.4 Å². The van der Waals surface area contributed by atoms with Crippen molar-refractivity contribution in [3.63, 3.8) is 0 Å². The highest BCUT2D eigenvalue weighted by molar-refractivity contribution is 5.80. The molecule has 0 aliphatic carbocycles. The molecule has 0 spiro atoms. The zero-order valence-electron chi connectivity index (χ0n) is 12.3. The lowest BCUT2D eigenvalue weighted by molar-refractivity contribution is 0.285. The van der Waals surface area contributed by atoms with Gasteiger partial charge in [0.25, 0.3) is 0 Å². The largest absolute Gasteiger partial charge is 0.404 e. The van der Waals surface area contributed by atoms with E-state index in [4.69, 9.17) is 5.73 Å². The van der Waals surface area contributed by atoms with E-state index in [1.165, 1.54) is 5.56 Å². The van der Waals surface area contributed by atoms with Crippen LogP contribution in [0.15, 0.2) is 47.1 Å². The van der Waals surface area contributed by atoms with Crippen molar-refractivity contribution in [3.8, 4) is 0 Å². The number of nitrogens with two attached hydrogens (primary N) is 1. The van der Waals surface area contributed by atoms with Gasteiger partial charge < -0.3 is 16.4 Å². The van der Waals surface area contributed by atoms with E-state index in [-0.39, 0.29) is 11.6 Å². The van der Waals surface area contributed by atoms with Crippen molar-refractivity contribution in [1.29, 1.82) is 0 Å². The Labute approximate surface area is 121 Å². The Morgan fingerprint density at radius 2 is 2.15 bits per heavy atom. The fourth-order valence-electron chi connectivity index (χ4n) is 2.39. The molecule has 1 aromatic carbocycles. The molecule has 1 saturated heterocycles. The van der Waals surface area contributed by atoms with Crippen molar-refractivity contribution < 1.29 is 0 Å². The van der Waals surface area contributed by atoms with Crippen molar-refractivity contribution >= 4 is 6.21 Å². The average molecular weight is 272 g/mol. The second-order valence-corrected chi connectivity index (χ2v) is 5.83. The molecule has 1 heterocycles. The lowest BCUT2D eigenvalue weighted by atomic mass is 9.97. The fraction of sp³-hybridized carbons (Fsp3) is 0.438. The van der Waals surface area contributed by atoms with Crippen LogP contribution in [-0.2, 0) is 6.54 Å². The van der Waals surface area contributed by atoms with E-state index in [9.17, 15) is 0 Å². The number of hydrogen-bond acceptors (Lipinski definition) is 4. The SMILES string of the molecule is CC1(C)CNCC(C(C=NCc2ccccc2)=CN)N1. The third-order valence-corrected chi connectivity index (χ3v) is 3.43. The first-order valence-corrected chi connectivity index (χ1v) is 7.05. The molecular weight excluding hydrogens is 248 g/mol. The summed E-state index contributed by atoms with van der Waals surface area (Å²) < 4.78 is 0. The van der Waals surface area contributed by atoms with Gasteiger partial charge in [-0.1, -0.05) is 30.3 Å². The molecule has 108 valence electrons.